The quantitative estimate of drug-likeness (QED) is 0.589. The third-order valence-electron chi connectivity index (χ3n) is 2.42. The third kappa shape index (κ3) is 4.00. The molecule has 0 bridgehead atoms. The van der Waals surface area contributed by atoms with E-state index in [1.807, 2.05) is 12.1 Å². The highest BCUT2D eigenvalue weighted by Gasteiger charge is 2.08. The maximum atomic E-state index is 4.46. The summed E-state index contributed by atoms with van der Waals surface area (Å²) in [7, 11) is -1.41. The first-order valence-electron chi connectivity index (χ1n) is 6.24. The van der Waals surface area contributed by atoms with Gasteiger partial charge in [0.05, 0.1) is 11.9 Å². The highest BCUT2D eigenvalue weighted by molar-refractivity contribution is 6.83. The summed E-state index contributed by atoms with van der Waals surface area (Å²) >= 11 is 0. The van der Waals surface area contributed by atoms with Gasteiger partial charge in [0.2, 0.25) is 5.82 Å². The zero-order valence-corrected chi connectivity index (χ0v) is 12.7. The largest absolute Gasteiger partial charge is 0.225 e. The van der Waals surface area contributed by atoms with Crippen LogP contribution in [0, 0.1) is 18.4 Å². The summed E-state index contributed by atoms with van der Waals surface area (Å²) in [5.74, 6) is 3.54. The fourth-order valence-corrected chi connectivity index (χ4v) is 2.03. The van der Waals surface area contributed by atoms with Crippen LogP contribution in [0.15, 0.2) is 30.5 Å². The molecule has 96 valence electrons. The molecule has 0 unspecified atom stereocenters. The van der Waals surface area contributed by atoms with Crippen LogP contribution in [0.2, 0.25) is 19.6 Å². The Balaban J connectivity index is 2.37. The van der Waals surface area contributed by atoms with E-state index in [9.17, 15) is 0 Å². The van der Waals surface area contributed by atoms with E-state index in [4.69, 9.17) is 0 Å². The second kappa shape index (κ2) is 5.33. The van der Waals surface area contributed by atoms with E-state index in [0.29, 0.717) is 5.82 Å². The molecule has 0 saturated carbocycles. The van der Waals surface area contributed by atoms with E-state index >= 15 is 0 Å². The molecule has 2 rings (SSSR count). The molecule has 2 aromatic rings. The molecule has 1 heterocycles. The Morgan fingerprint density at radius 2 is 1.95 bits per heavy atom. The lowest BCUT2D eigenvalue weighted by Crippen LogP contribution is -2.16. The van der Waals surface area contributed by atoms with Crippen LogP contribution in [0.1, 0.15) is 11.4 Å². The molecular weight excluding hydrogens is 250 g/mol. The Bertz CT molecular complexity index is 648. The van der Waals surface area contributed by atoms with Crippen molar-refractivity contribution in [3.05, 3.63) is 41.9 Å². The van der Waals surface area contributed by atoms with E-state index in [1.165, 1.54) is 5.56 Å². The third-order valence-corrected chi connectivity index (χ3v) is 3.30. The SMILES string of the molecule is Cc1cccc(-c2cnnc(C#C[Si](C)(C)C)n2)c1. The molecule has 0 fully saturated rings. The van der Waals surface area contributed by atoms with Gasteiger partial charge in [0.25, 0.3) is 0 Å². The Hall–Kier alpha value is -1.99. The second-order valence-corrected chi connectivity index (χ2v) is 10.3. The molecule has 0 N–H and O–H groups in total. The molecule has 4 heteroatoms. The van der Waals surface area contributed by atoms with Crippen LogP contribution < -0.4 is 0 Å². The topological polar surface area (TPSA) is 38.7 Å². The van der Waals surface area contributed by atoms with Crippen molar-refractivity contribution in [2.45, 2.75) is 26.6 Å². The van der Waals surface area contributed by atoms with Crippen LogP contribution in [0.25, 0.3) is 11.3 Å². The summed E-state index contributed by atoms with van der Waals surface area (Å²) in [6.45, 7) is 8.64. The van der Waals surface area contributed by atoms with E-state index in [2.05, 4.69) is 65.3 Å². The number of hydrogen-bond donors (Lipinski definition) is 0. The van der Waals surface area contributed by atoms with Crippen LogP contribution in [0.4, 0.5) is 0 Å². The van der Waals surface area contributed by atoms with Crippen molar-refractivity contribution in [1.29, 1.82) is 0 Å². The summed E-state index contributed by atoms with van der Waals surface area (Å²) in [5.41, 5.74) is 6.32. The molecule has 0 aliphatic rings. The number of nitrogens with zero attached hydrogens (tertiary/aromatic N) is 3. The van der Waals surface area contributed by atoms with E-state index < -0.39 is 8.07 Å². The molecule has 3 nitrogen and oxygen atoms in total. The highest BCUT2D eigenvalue weighted by Crippen LogP contribution is 2.16. The zero-order valence-electron chi connectivity index (χ0n) is 11.7. The molecule has 0 saturated heterocycles. The van der Waals surface area contributed by atoms with Gasteiger partial charge in [-0.3, -0.25) is 0 Å². The van der Waals surface area contributed by atoms with Crippen LogP contribution in [0.5, 0.6) is 0 Å². The Labute approximate surface area is 115 Å². The van der Waals surface area contributed by atoms with Gasteiger partial charge >= 0.3 is 0 Å². The summed E-state index contributed by atoms with van der Waals surface area (Å²) in [4.78, 5) is 4.46. The fraction of sp³-hybridized carbons (Fsp3) is 0.267. The van der Waals surface area contributed by atoms with Gasteiger partial charge in [-0.15, -0.1) is 10.6 Å². The summed E-state index contributed by atoms with van der Waals surface area (Å²) in [6.07, 6.45) is 1.68. The summed E-state index contributed by atoms with van der Waals surface area (Å²) in [6, 6.07) is 8.18. The fourth-order valence-electron chi connectivity index (χ4n) is 1.54. The Morgan fingerprint density at radius 1 is 1.16 bits per heavy atom. The van der Waals surface area contributed by atoms with Crippen LogP contribution >= 0.6 is 0 Å². The van der Waals surface area contributed by atoms with E-state index in [1.54, 1.807) is 6.20 Å². The predicted octanol–water partition coefficient (Wildman–Crippen LogP) is 3.08. The lowest BCUT2D eigenvalue weighted by Gasteiger charge is -2.03. The van der Waals surface area contributed by atoms with Crippen molar-refractivity contribution in [1.82, 2.24) is 15.2 Å². The minimum atomic E-state index is -1.41. The second-order valence-electron chi connectivity index (χ2n) is 5.53. The van der Waals surface area contributed by atoms with Gasteiger partial charge in [0.15, 0.2) is 0 Å². The summed E-state index contributed by atoms with van der Waals surface area (Å²) in [5, 5.41) is 7.97. The molecule has 0 atom stereocenters. The number of aromatic nitrogens is 3. The first-order valence-corrected chi connectivity index (χ1v) is 9.74. The average Bonchev–Trinajstić information content (AvgIpc) is 2.36. The predicted molar refractivity (Wildman–Crippen MR) is 80.2 cm³/mol. The van der Waals surface area contributed by atoms with E-state index in [-0.39, 0.29) is 0 Å². The lowest BCUT2D eigenvalue weighted by atomic mass is 10.1. The Kier molecular flexibility index (Phi) is 3.77. The maximum Gasteiger partial charge on any atom is 0.225 e. The number of hydrogen-bond acceptors (Lipinski definition) is 3. The zero-order chi connectivity index (χ0) is 13.9. The van der Waals surface area contributed by atoms with Crippen molar-refractivity contribution in [3.8, 4) is 22.7 Å². The van der Waals surface area contributed by atoms with Crippen LogP contribution in [0.3, 0.4) is 0 Å². The normalized spacial score (nSPS) is 10.7. The summed E-state index contributed by atoms with van der Waals surface area (Å²) < 4.78 is 0. The number of rotatable bonds is 1. The van der Waals surface area contributed by atoms with Gasteiger partial charge in [0, 0.05) is 5.56 Å². The van der Waals surface area contributed by atoms with Crippen LogP contribution in [-0.4, -0.2) is 23.3 Å². The van der Waals surface area contributed by atoms with Gasteiger partial charge in [-0.1, -0.05) is 43.4 Å². The monoisotopic (exact) mass is 267 g/mol. The number of benzene rings is 1. The van der Waals surface area contributed by atoms with Crippen molar-refractivity contribution in [3.63, 3.8) is 0 Å². The van der Waals surface area contributed by atoms with Gasteiger partial charge in [0.1, 0.15) is 8.07 Å². The molecule has 0 aliphatic heterocycles. The highest BCUT2D eigenvalue weighted by atomic mass is 28.3. The molecular formula is C15H17N3Si. The average molecular weight is 267 g/mol. The first kappa shape index (κ1) is 13.4. The number of aryl methyl sites for hydroxylation is 1. The van der Waals surface area contributed by atoms with Gasteiger partial charge in [-0.2, -0.15) is 5.10 Å². The molecule has 0 radical (unpaired) electrons. The lowest BCUT2D eigenvalue weighted by molar-refractivity contribution is 0.952. The smallest absolute Gasteiger partial charge is 0.218 e. The minimum absolute atomic E-state index is 0.501. The molecule has 1 aromatic carbocycles. The van der Waals surface area contributed by atoms with Crippen molar-refractivity contribution in [2.75, 3.05) is 0 Å². The minimum Gasteiger partial charge on any atom is -0.218 e. The van der Waals surface area contributed by atoms with Crippen molar-refractivity contribution in [2.24, 2.45) is 0 Å². The van der Waals surface area contributed by atoms with Crippen LogP contribution in [-0.2, 0) is 0 Å². The standard InChI is InChI=1S/C15H17N3Si/c1-12-6-5-7-13(10-12)14-11-16-18-15(17-14)8-9-19(2,3)4/h5-7,10-11H,1-4H3. The van der Waals surface area contributed by atoms with Crippen molar-refractivity contribution < 1.29 is 0 Å². The molecule has 0 amide bonds. The van der Waals surface area contributed by atoms with Crippen molar-refractivity contribution >= 4 is 8.07 Å². The maximum absolute atomic E-state index is 4.46. The molecule has 0 spiro atoms. The van der Waals surface area contributed by atoms with Gasteiger partial charge < -0.3 is 0 Å². The first-order chi connectivity index (χ1) is 8.94. The molecule has 19 heavy (non-hydrogen) atoms. The molecule has 0 aliphatic carbocycles. The Morgan fingerprint density at radius 3 is 2.63 bits per heavy atom. The van der Waals surface area contributed by atoms with Gasteiger partial charge in [-0.05, 0) is 18.9 Å². The van der Waals surface area contributed by atoms with E-state index in [0.717, 1.165) is 11.3 Å². The molecule has 1 aromatic heterocycles. The van der Waals surface area contributed by atoms with Gasteiger partial charge in [-0.25, -0.2) is 4.98 Å².